The molecule has 2 aromatic rings. The third kappa shape index (κ3) is 2.40. The molecule has 0 radical (unpaired) electrons. The molecule has 4 heterocycles. The van der Waals surface area contributed by atoms with E-state index in [1.54, 1.807) is 13.8 Å². The molecule has 2 aliphatic rings. The first-order chi connectivity index (χ1) is 12.0. The predicted octanol–water partition coefficient (Wildman–Crippen LogP) is 2.04. The van der Waals surface area contributed by atoms with Crippen LogP contribution in [0, 0.1) is 11.3 Å². The van der Waals surface area contributed by atoms with Gasteiger partial charge in [-0.15, -0.1) is 23.1 Å². The van der Waals surface area contributed by atoms with E-state index in [9.17, 15) is 10.4 Å². The van der Waals surface area contributed by atoms with Crippen molar-refractivity contribution in [1.29, 1.82) is 5.26 Å². The third-order valence-corrected chi connectivity index (χ3v) is 6.27. The summed E-state index contributed by atoms with van der Waals surface area (Å²) >= 11 is 2.91. The van der Waals surface area contributed by atoms with Gasteiger partial charge in [-0.2, -0.15) is 5.26 Å². The van der Waals surface area contributed by atoms with Crippen LogP contribution in [-0.2, 0) is 19.8 Å². The molecule has 2 aliphatic heterocycles. The van der Waals surface area contributed by atoms with E-state index in [1.807, 2.05) is 11.6 Å². The molecule has 4 atom stereocenters. The molecule has 0 aromatic carbocycles. The van der Waals surface area contributed by atoms with Gasteiger partial charge in [0.25, 0.3) is 0 Å². The van der Waals surface area contributed by atoms with Crippen molar-refractivity contribution in [3.63, 3.8) is 0 Å². The maximum atomic E-state index is 10.1. The number of thioether (sulfide) groups is 1. The molecule has 4 rings (SSSR count). The summed E-state index contributed by atoms with van der Waals surface area (Å²) in [7, 11) is 0. The normalized spacial score (nSPS) is 33.5. The van der Waals surface area contributed by atoms with E-state index >= 15 is 0 Å². The quantitative estimate of drug-likeness (QED) is 0.639. The smallest absolute Gasteiger partial charge is 0.220 e. The number of aromatic nitrogens is 2. The van der Waals surface area contributed by atoms with Gasteiger partial charge < -0.3 is 19.3 Å². The van der Waals surface area contributed by atoms with Crippen LogP contribution < -0.4 is 0 Å². The number of ether oxygens (including phenoxy) is 3. The van der Waals surface area contributed by atoms with Gasteiger partial charge in [-0.05, 0) is 20.1 Å². The van der Waals surface area contributed by atoms with Crippen molar-refractivity contribution in [2.75, 3.05) is 12.9 Å². The zero-order valence-electron chi connectivity index (χ0n) is 13.9. The first kappa shape index (κ1) is 17.1. The van der Waals surface area contributed by atoms with Crippen molar-refractivity contribution in [2.24, 2.45) is 0 Å². The van der Waals surface area contributed by atoms with Crippen molar-refractivity contribution >= 4 is 34.0 Å². The number of nitriles is 1. The zero-order chi connectivity index (χ0) is 17.8. The van der Waals surface area contributed by atoms with Gasteiger partial charge in [0.1, 0.15) is 35.7 Å². The lowest BCUT2D eigenvalue weighted by Gasteiger charge is -2.28. The molecular formula is C16H17N3O4S2. The van der Waals surface area contributed by atoms with Gasteiger partial charge in [0.2, 0.25) is 5.60 Å². The van der Waals surface area contributed by atoms with E-state index in [0.29, 0.717) is 10.4 Å². The van der Waals surface area contributed by atoms with Gasteiger partial charge >= 0.3 is 0 Å². The van der Waals surface area contributed by atoms with Gasteiger partial charge in [0.15, 0.2) is 5.79 Å². The Morgan fingerprint density at radius 1 is 1.36 bits per heavy atom. The molecule has 2 fully saturated rings. The Balaban J connectivity index is 1.89. The topological polar surface area (TPSA) is 97.5 Å². The highest BCUT2D eigenvalue weighted by Crippen LogP contribution is 2.51. The summed E-state index contributed by atoms with van der Waals surface area (Å²) < 4.78 is 17.9. The van der Waals surface area contributed by atoms with E-state index in [0.717, 1.165) is 10.4 Å². The van der Waals surface area contributed by atoms with Crippen LogP contribution in [0.15, 0.2) is 16.7 Å². The monoisotopic (exact) mass is 379 g/mol. The Labute approximate surface area is 152 Å². The number of thiophene rings is 1. The van der Waals surface area contributed by atoms with Gasteiger partial charge in [-0.25, -0.2) is 9.97 Å². The highest BCUT2D eigenvalue weighted by atomic mass is 32.2. The summed E-state index contributed by atoms with van der Waals surface area (Å²) in [5, 5.41) is 23.4. The summed E-state index contributed by atoms with van der Waals surface area (Å²) in [4.78, 5) is 9.32. The highest BCUT2D eigenvalue weighted by molar-refractivity contribution is 7.98. The minimum Gasteiger partial charge on any atom is -0.394 e. The molecule has 0 aliphatic carbocycles. The maximum absolute atomic E-state index is 10.1. The Kier molecular flexibility index (Phi) is 4.03. The Bertz CT molecular complexity index is 865. The van der Waals surface area contributed by atoms with Crippen molar-refractivity contribution < 1.29 is 19.3 Å². The maximum Gasteiger partial charge on any atom is 0.220 e. The largest absolute Gasteiger partial charge is 0.394 e. The Morgan fingerprint density at radius 3 is 2.84 bits per heavy atom. The molecule has 0 spiro atoms. The lowest BCUT2D eigenvalue weighted by molar-refractivity contribution is -0.203. The van der Waals surface area contributed by atoms with E-state index < -0.39 is 29.7 Å². The van der Waals surface area contributed by atoms with Crippen LogP contribution in [0.1, 0.15) is 18.7 Å². The van der Waals surface area contributed by atoms with Crippen molar-refractivity contribution in [1.82, 2.24) is 9.97 Å². The average molecular weight is 379 g/mol. The van der Waals surface area contributed by atoms with Crippen LogP contribution in [0.5, 0.6) is 0 Å². The molecule has 2 saturated heterocycles. The molecular weight excluding hydrogens is 362 g/mol. The van der Waals surface area contributed by atoms with E-state index in [4.69, 9.17) is 14.2 Å². The molecule has 7 nitrogen and oxygen atoms in total. The third-order valence-electron chi connectivity index (χ3n) is 4.47. The second kappa shape index (κ2) is 5.87. The number of rotatable bonds is 3. The Hall–Kier alpha value is -1.28. The van der Waals surface area contributed by atoms with Gasteiger partial charge in [-0.3, -0.25) is 0 Å². The standard InChI is InChI=1S/C16H17N3O4S2/c1-15(2)22-11-9(4-20)21-16(6-17,12(11)23-15)13-10-8(5-25-13)14(24-3)19-7-18-10/h5,7,9,11-12,20H,4H2,1-3H3/t9-,11-,12-,16-/m1/s1. The highest BCUT2D eigenvalue weighted by Gasteiger charge is 2.65. The molecule has 25 heavy (non-hydrogen) atoms. The fraction of sp³-hybridized carbons (Fsp3) is 0.562. The minimum atomic E-state index is -1.37. The van der Waals surface area contributed by atoms with Gasteiger partial charge in [-0.1, -0.05) is 0 Å². The van der Waals surface area contributed by atoms with Gasteiger partial charge in [0.05, 0.1) is 17.0 Å². The SMILES string of the molecule is CSc1ncnc2c([C@]3(C#N)O[C@H](CO)[C@H]4OC(C)(C)O[C@H]43)scc12. The zero-order valence-corrected chi connectivity index (χ0v) is 15.6. The number of hydrogen-bond acceptors (Lipinski definition) is 9. The molecule has 0 bridgehead atoms. The van der Waals surface area contributed by atoms with Crippen molar-refractivity contribution in [3.8, 4) is 6.07 Å². The molecule has 1 N–H and O–H groups in total. The first-order valence-corrected chi connectivity index (χ1v) is 9.88. The first-order valence-electron chi connectivity index (χ1n) is 7.78. The lowest BCUT2D eigenvalue weighted by Crippen LogP contribution is -2.39. The van der Waals surface area contributed by atoms with Crippen LogP contribution >= 0.6 is 23.1 Å². The Morgan fingerprint density at radius 2 is 2.16 bits per heavy atom. The van der Waals surface area contributed by atoms with E-state index in [-0.39, 0.29) is 6.61 Å². The van der Waals surface area contributed by atoms with Crippen molar-refractivity contribution in [2.45, 2.75) is 48.6 Å². The molecule has 2 aromatic heterocycles. The number of aliphatic hydroxyl groups excluding tert-OH is 1. The average Bonchev–Trinajstić information content (AvgIpc) is 3.24. The minimum absolute atomic E-state index is 0.252. The molecule has 132 valence electrons. The number of hydrogen-bond donors (Lipinski definition) is 1. The fourth-order valence-electron chi connectivity index (χ4n) is 3.48. The van der Waals surface area contributed by atoms with Crippen LogP contribution in [0.4, 0.5) is 0 Å². The number of aliphatic hydroxyl groups is 1. The predicted molar refractivity (Wildman–Crippen MR) is 92.3 cm³/mol. The summed E-state index contributed by atoms with van der Waals surface area (Å²) in [6.07, 6.45) is 1.64. The van der Waals surface area contributed by atoms with E-state index in [1.165, 1.54) is 29.4 Å². The molecule has 0 unspecified atom stereocenters. The summed E-state index contributed by atoms with van der Waals surface area (Å²) in [6, 6.07) is 2.29. The van der Waals surface area contributed by atoms with Crippen LogP contribution in [0.2, 0.25) is 0 Å². The second-order valence-corrected chi connectivity index (χ2v) is 8.09. The van der Waals surface area contributed by atoms with Gasteiger partial charge in [0, 0.05) is 10.8 Å². The van der Waals surface area contributed by atoms with Crippen LogP contribution in [0.25, 0.3) is 10.9 Å². The fourth-order valence-corrected chi connectivity index (χ4v) is 5.20. The summed E-state index contributed by atoms with van der Waals surface area (Å²) in [5.74, 6) is -0.846. The number of fused-ring (bicyclic) bond motifs is 2. The van der Waals surface area contributed by atoms with Crippen LogP contribution in [-0.4, -0.2) is 52.0 Å². The summed E-state index contributed by atoms with van der Waals surface area (Å²) in [6.45, 7) is 3.34. The van der Waals surface area contributed by atoms with Crippen LogP contribution in [0.3, 0.4) is 0 Å². The molecule has 9 heteroatoms. The molecule has 0 amide bonds. The summed E-state index contributed by atoms with van der Waals surface area (Å²) in [5.41, 5.74) is -0.695. The lowest BCUT2D eigenvalue weighted by atomic mass is 9.93. The van der Waals surface area contributed by atoms with E-state index in [2.05, 4.69) is 16.0 Å². The van der Waals surface area contributed by atoms with Crippen molar-refractivity contribution in [3.05, 3.63) is 16.6 Å². The molecule has 0 saturated carbocycles. The second-order valence-electron chi connectivity index (χ2n) is 6.42. The number of nitrogens with zero attached hydrogens (tertiary/aromatic N) is 3.